The number of hydrogen-bond acceptors (Lipinski definition) is 3. The fraction of sp³-hybridized carbons (Fsp3) is 0.500. The average molecular weight is 250 g/mol. The molecule has 0 aliphatic rings. The first-order chi connectivity index (χ1) is 8.33. The van der Waals surface area contributed by atoms with Gasteiger partial charge in [0, 0.05) is 17.6 Å². The standard InChI is InChI=1S/C14H22N2O2/c1-10(13(17)16-14(2,3)4)18-12-8-6-5-7-11(12)9-15/h5-8,10H,9,15H2,1-4H3,(H,16,17). The minimum Gasteiger partial charge on any atom is -0.481 e. The highest BCUT2D eigenvalue weighted by Gasteiger charge is 2.20. The van der Waals surface area contributed by atoms with Gasteiger partial charge in [-0.15, -0.1) is 0 Å². The van der Waals surface area contributed by atoms with Gasteiger partial charge in [0.15, 0.2) is 6.10 Å². The second-order valence-electron chi connectivity index (χ2n) is 5.31. The summed E-state index contributed by atoms with van der Waals surface area (Å²) in [5.41, 5.74) is 6.26. The lowest BCUT2D eigenvalue weighted by atomic mass is 10.1. The quantitative estimate of drug-likeness (QED) is 0.856. The van der Waals surface area contributed by atoms with E-state index in [0.717, 1.165) is 5.56 Å². The molecule has 0 aliphatic heterocycles. The molecule has 0 radical (unpaired) electrons. The van der Waals surface area contributed by atoms with Gasteiger partial charge in [0.05, 0.1) is 0 Å². The third kappa shape index (κ3) is 4.37. The fourth-order valence-electron chi connectivity index (χ4n) is 1.50. The molecule has 0 bridgehead atoms. The van der Waals surface area contributed by atoms with Crippen LogP contribution in [-0.2, 0) is 11.3 Å². The molecule has 4 nitrogen and oxygen atoms in total. The van der Waals surface area contributed by atoms with E-state index in [9.17, 15) is 4.79 Å². The number of carbonyl (C=O) groups excluding carboxylic acids is 1. The lowest BCUT2D eigenvalue weighted by Crippen LogP contribution is -2.46. The number of ether oxygens (including phenoxy) is 1. The van der Waals surface area contributed by atoms with Crippen molar-refractivity contribution in [3.8, 4) is 5.75 Å². The summed E-state index contributed by atoms with van der Waals surface area (Å²) in [5.74, 6) is 0.533. The van der Waals surface area contributed by atoms with Crippen LogP contribution in [0.5, 0.6) is 5.75 Å². The summed E-state index contributed by atoms with van der Waals surface area (Å²) in [7, 11) is 0. The van der Waals surface area contributed by atoms with Crippen LogP contribution in [0.3, 0.4) is 0 Å². The van der Waals surface area contributed by atoms with E-state index < -0.39 is 6.10 Å². The third-order valence-corrected chi connectivity index (χ3v) is 2.36. The van der Waals surface area contributed by atoms with E-state index in [1.807, 2.05) is 45.0 Å². The van der Waals surface area contributed by atoms with E-state index in [1.54, 1.807) is 6.92 Å². The highest BCUT2D eigenvalue weighted by Crippen LogP contribution is 2.18. The number of rotatable bonds is 4. The van der Waals surface area contributed by atoms with Crippen molar-refractivity contribution in [2.24, 2.45) is 5.73 Å². The number of carbonyl (C=O) groups is 1. The topological polar surface area (TPSA) is 64.3 Å². The molecule has 1 unspecified atom stereocenters. The van der Waals surface area contributed by atoms with Gasteiger partial charge in [-0.1, -0.05) is 18.2 Å². The van der Waals surface area contributed by atoms with Crippen molar-refractivity contribution >= 4 is 5.91 Å². The number of nitrogens with one attached hydrogen (secondary N) is 1. The summed E-state index contributed by atoms with van der Waals surface area (Å²) in [6, 6.07) is 7.48. The molecule has 0 saturated carbocycles. The number of para-hydroxylation sites is 1. The van der Waals surface area contributed by atoms with Crippen LogP contribution in [0.15, 0.2) is 24.3 Å². The normalized spacial score (nSPS) is 12.9. The molecule has 18 heavy (non-hydrogen) atoms. The van der Waals surface area contributed by atoms with Crippen LogP contribution in [0.25, 0.3) is 0 Å². The number of benzene rings is 1. The first-order valence-electron chi connectivity index (χ1n) is 6.10. The Labute approximate surface area is 109 Å². The molecular formula is C14H22N2O2. The Bertz CT molecular complexity index is 411. The van der Waals surface area contributed by atoms with Gasteiger partial charge in [0.25, 0.3) is 5.91 Å². The number of hydrogen-bond donors (Lipinski definition) is 2. The molecule has 0 fully saturated rings. The van der Waals surface area contributed by atoms with Gasteiger partial charge < -0.3 is 15.8 Å². The Morgan fingerprint density at radius 1 is 1.39 bits per heavy atom. The molecule has 1 rings (SSSR count). The van der Waals surface area contributed by atoms with Gasteiger partial charge >= 0.3 is 0 Å². The fourth-order valence-corrected chi connectivity index (χ4v) is 1.50. The van der Waals surface area contributed by atoms with Gasteiger partial charge in [-0.3, -0.25) is 4.79 Å². The van der Waals surface area contributed by atoms with E-state index in [1.165, 1.54) is 0 Å². The average Bonchev–Trinajstić information content (AvgIpc) is 2.27. The maximum absolute atomic E-state index is 11.9. The summed E-state index contributed by atoms with van der Waals surface area (Å²) >= 11 is 0. The molecule has 1 atom stereocenters. The maximum atomic E-state index is 11.9. The van der Waals surface area contributed by atoms with Gasteiger partial charge in [-0.05, 0) is 33.8 Å². The van der Waals surface area contributed by atoms with Crippen molar-refractivity contribution in [3.05, 3.63) is 29.8 Å². The van der Waals surface area contributed by atoms with Crippen molar-refractivity contribution in [3.63, 3.8) is 0 Å². The van der Waals surface area contributed by atoms with Crippen molar-refractivity contribution in [1.29, 1.82) is 0 Å². The third-order valence-electron chi connectivity index (χ3n) is 2.36. The summed E-state index contributed by atoms with van der Waals surface area (Å²) in [6.45, 7) is 7.93. The van der Waals surface area contributed by atoms with Crippen LogP contribution in [0.1, 0.15) is 33.3 Å². The van der Waals surface area contributed by atoms with Gasteiger partial charge in [0.2, 0.25) is 0 Å². The monoisotopic (exact) mass is 250 g/mol. The van der Waals surface area contributed by atoms with E-state index in [-0.39, 0.29) is 11.4 Å². The first-order valence-corrected chi connectivity index (χ1v) is 6.10. The lowest BCUT2D eigenvalue weighted by Gasteiger charge is -2.24. The predicted molar refractivity (Wildman–Crippen MR) is 72.3 cm³/mol. The van der Waals surface area contributed by atoms with Gasteiger partial charge in [0.1, 0.15) is 5.75 Å². The summed E-state index contributed by atoms with van der Waals surface area (Å²) in [4.78, 5) is 11.9. The minimum atomic E-state index is -0.545. The molecule has 3 N–H and O–H groups in total. The molecule has 0 aromatic heterocycles. The van der Waals surface area contributed by atoms with E-state index in [2.05, 4.69) is 5.32 Å². The van der Waals surface area contributed by atoms with Crippen LogP contribution in [0.2, 0.25) is 0 Å². The van der Waals surface area contributed by atoms with Crippen LogP contribution >= 0.6 is 0 Å². The van der Waals surface area contributed by atoms with Crippen LogP contribution in [0.4, 0.5) is 0 Å². The van der Waals surface area contributed by atoms with Gasteiger partial charge in [-0.2, -0.15) is 0 Å². The predicted octanol–water partition coefficient (Wildman–Crippen LogP) is 1.83. The molecule has 4 heteroatoms. The Morgan fingerprint density at radius 2 is 2.00 bits per heavy atom. The summed E-state index contributed by atoms with van der Waals surface area (Å²) in [5, 5.41) is 2.88. The SMILES string of the molecule is CC(Oc1ccccc1CN)C(=O)NC(C)(C)C. The van der Waals surface area contributed by atoms with Crippen LogP contribution < -0.4 is 15.8 Å². The van der Waals surface area contributed by atoms with E-state index in [4.69, 9.17) is 10.5 Å². The summed E-state index contributed by atoms with van der Waals surface area (Å²) < 4.78 is 5.65. The molecule has 0 heterocycles. The lowest BCUT2D eigenvalue weighted by molar-refractivity contribution is -0.128. The smallest absolute Gasteiger partial charge is 0.261 e. The zero-order chi connectivity index (χ0) is 13.8. The van der Waals surface area contributed by atoms with Crippen molar-refractivity contribution < 1.29 is 9.53 Å². The molecule has 100 valence electrons. The summed E-state index contributed by atoms with van der Waals surface area (Å²) in [6.07, 6.45) is -0.545. The first kappa shape index (κ1) is 14.5. The molecule has 1 aromatic carbocycles. The molecule has 0 spiro atoms. The highest BCUT2D eigenvalue weighted by atomic mass is 16.5. The molecule has 0 saturated heterocycles. The Morgan fingerprint density at radius 3 is 2.56 bits per heavy atom. The van der Waals surface area contributed by atoms with Crippen LogP contribution in [-0.4, -0.2) is 17.6 Å². The van der Waals surface area contributed by atoms with Crippen molar-refractivity contribution in [1.82, 2.24) is 5.32 Å². The van der Waals surface area contributed by atoms with Crippen molar-refractivity contribution in [2.45, 2.75) is 45.9 Å². The Kier molecular flexibility index (Phi) is 4.73. The highest BCUT2D eigenvalue weighted by molar-refractivity contribution is 5.81. The zero-order valence-corrected chi connectivity index (χ0v) is 11.5. The molecule has 1 amide bonds. The Balaban J connectivity index is 2.69. The largest absolute Gasteiger partial charge is 0.481 e. The van der Waals surface area contributed by atoms with Gasteiger partial charge in [-0.25, -0.2) is 0 Å². The zero-order valence-electron chi connectivity index (χ0n) is 11.5. The maximum Gasteiger partial charge on any atom is 0.261 e. The number of amides is 1. The number of nitrogens with two attached hydrogens (primary N) is 1. The van der Waals surface area contributed by atoms with Crippen molar-refractivity contribution in [2.75, 3.05) is 0 Å². The van der Waals surface area contributed by atoms with Crippen LogP contribution in [0, 0.1) is 0 Å². The van der Waals surface area contributed by atoms with E-state index in [0.29, 0.717) is 12.3 Å². The second-order valence-corrected chi connectivity index (χ2v) is 5.31. The molecule has 0 aliphatic carbocycles. The Hall–Kier alpha value is -1.55. The minimum absolute atomic E-state index is 0.130. The van der Waals surface area contributed by atoms with E-state index >= 15 is 0 Å². The second kappa shape index (κ2) is 5.87. The molecule has 1 aromatic rings. The molecular weight excluding hydrogens is 228 g/mol.